The topological polar surface area (TPSA) is 132 Å². The fourth-order valence-corrected chi connectivity index (χ4v) is 2.77. The minimum absolute atomic E-state index is 0.176. The van der Waals surface area contributed by atoms with Crippen LogP contribution < -0.4 is 16.8 Å². The van der Waals surface area contributed by atoms with Crippen molar-refractivity contribution in [3.63, 3.8) is 0 Å². The summed E-state index contributed by atoms with van der Waals surface area (Å²) in [6.45, 7) is 0.716. The number of aliphatic imine (C=N–C) groups is 2. The van der Waals surface area contributed by atoms with Crippen LogP contribution in [0.2, 0.25) is 0 Å². The van der Waals surface area contributed by atoms with Gasteiger partial charge in [-0.15, -0.1) is 0 Å². The van der Waals surface area contributed by atoms with Gasteiger partial charge >= 0.3 is 0 Å². The zero-order valence-corrected chi connectivity index (χ0v) is 8.59. The second kappa shape index (κ2) is 2.58. The summed E-state index contributed by atoms with van der Waals surface area (Å²) in [5.74, 6) is -1.43. The second-order valence-electron chi connectivity index (χ2n) is 4.34. The quantitative estimate of drug-likeness (QED) is 0.275. The van der Waals surface area contributed by atoms with Crippen molar-refractivity contribution in [2.75, 3.05) is 13.1 Å². The van der Waals surface area contributed by atoms with E-state index < -0.39 is 17.5 Å². The summed E-state index contributed by atoms with van der Waals surface area (Å²) in [6, 6.07) is -0.419. The molecule has 88 valence electrons. The molecule has 16 heavy (non-hydrogen) atoms. The number of guanidine groups is 2. The van der Waals surface area contributed by atoms with Crippen LogP contribution >= 0.6 is 0 Å². The van der Waals surface area contributed by atoms with E-state index >= 15 is 0 Å². The molecule has 0 aliphatic carbocycles. The standard InChI is InChI=1S/C8H14N6O2/c9-5-12-4-3-11-6(10)14-2-1-7(15,16)8(4,14)13-5/h4,15-16H,1-3H2,(H2,10,11)(H3,9,12,13). The monoisotopic (exact) mass is 226 g/mol. The van der Waals surface area contributed by atoms with Crippen molar-refractivity contribution in [2.24, 2.45) is 21.5 Å². The van der Waals surface area contributed by atoms with Crippen molar-refractivity contribution in [3.8, 4) is 0 Å². The van der Waals surface area contributed by atoms with Crippen molar-refractivity contribution in [1.29, 1.82) is 0 Å². The molecule has 0 radical (unpaired) electrons. The fourth-order valence-electron chi connectivity index (χ4n) is 2.77. The maximum absolute atomic E-state index is 10.1. The predicted octanol–water partition coefficient (Wildman–Crippen LogP) is -3.32. The van der Waals surface area contributed by atoms with Gasteiger partial charge in [-0.2, -0.15) is 0 Å². The molecule has 0 amide bonds. The largest absolute Gasteiger partial charge is 0.370 e. The minimum Gasteiger partial charge on any atom is -0.370 e. The fraction of sp³-hybridized carbons (Fsp3) is 0.750. The van der Waals surface area contributed by atoms with Crippen molar-refractivity contribution >= 4 is 11.9 Å². The van der Waals surface area contributed by atoms with E-state index in [1.807, 2.05) is 0 Å². The molecule has 8 nitrogen and oxygen atoms in total. The Morgan fingerprint density at radius 2 is 2.19 bits per heavy atom. The Kier molecular flexibility index (Phi) is 1.56. The van der Waals surface area contributed by atoms with Gasteiger partial charge in [0.25, 0.3) is 0 Å². The van der Waals surface area contributed by atoms with E-state index in [1.54, 1.807) is 4.90 Å². The van der Waals surface area contributed by atoms with Gasteiger partial charge in [0.2, 0.25) is 5.79 Å². The Balaban J connectivity index is 2.12. The normalized spacial score (nSPS) is 39.6. The van der Waals surface area contributed by atoms with E-state index in [-0.39, 0.29) is 12.4 Å². The molecule has 2 atom stereocenters. The first-order chi connectivity index (χ1) is 7.47. The summed E-state index contributed by atoms with van der Waals surface area (Å²) in [6.07, 6.45) is 0.176. The summed E-state index contributed by atoms with van der Waals surface area (Å²) in [7, 11) is 0. The van der Waals surface area contributed by atoms with E-state index in [0.717, 1.165) is 0 Å². The van der Waals surface area contributed by atoms with E-state index in [9.17, 15) is 10.2 Å². The van der Waals surface area contributed by atoms with E-state index in [0.29, 0.717) is 19.0 Å². The van der Waals surface area contributed by atoms with Crippen LogP contribution in [-0.4, -0.2) is 57.6 Å². The van der Waals surface area contributed by atoms with Gasteiger partial charge in [0.1, 0.15) is 6.04 Å². The lowest BCUT2D eigenvalue weighted by molar-refractivity contribution is -0.218. The van der Waals surface area contributed by atoms with Crippen LogP contribution in [0.1, 0.15) is 6.42 Å². The maximum Gasteiger partial charge on any atom is 0.210 e. The Hall–Kier alpha value is -1.54. The second-order valence-corrected chi connectivity index (χ2v) is 4.34. The number of nitrogens with zero attached hydrogens (tertiary/aromatic N) is 3. The first-order valence-corrected chi connectivity index (χ1v) is 5.11. The molecular weight excluding hydrogens is 212 g/mol. The summed E-state index contributed by atoms with van der Waals surface area (Å²) < 4.78 is 0. The highest BCUT2D eigenvalue weighted by atomic mass is 16.5. The van der Waals surface area contributed by atoms with Gasteiger partial charge in [-0.05, 0) is 0 Å². The van der Waals surface area contributed by atoms with Gasteiger partial charge in [0, 0.05) is 13.0 Å². The van der Waals surface area contributed by atoms with Crippen molar-refractivity contribution < 1.29 is 10.2 Å². The molecule has 0 aromatic heterocycles. The zero-order chi connectivity index (χ0) is 11.6. The van der Waals surface area contributed by atoms with Gasteiger partial charge in [0.05, 0.1) is 6.54 Å². The Bertz CT molecular complexity index is 405. The lowest BCUT2D eigenvalue weighted by Crippen LogP contribution is -2.74. The third kappa shape index (κ3) is 0.866. The molecular formula is C8H14N6O2. The molecule has 2 unspecified atom stereocenters. The van der Waals surface area contributed by atoms with Crippen LogP contribution in [-0.2, 0) is 0 Å². The van der Waals surface area contributed by atoms with Crippen LogP contribution in [0.15, 0.2) is 9.98 Å². The summed E-state index contributed by atoms with van der Waals surface area (Å²) in [5.41, 5.74) is 10.2. The van der Waals surface area contributed by atoms with Crippen molar-refractivity contribution in [1.82, 2.24) is 10.2 Å². The maximum atomic E-state index is 10.1. The smallest absolute Gasteiger partial charge is 0.210 e. The molecule has 1 spiro atoms. The first-order valence-electron chi connectivity index (χ1n) is 5.11. The number of hydrogen-bond donors (Lipinski definition) is 5. The van der Waals surface area contributed by atoms with Gasteiger partial charge in [-0.25, -0.2) is 4.99 Å². The minimum atomic E-state index is -1.91. The lowest BCUT2D eigenvalue weighted by atomic mass is 9.91. The first kappa shape index (κ1) is 9.67. The van der Waals surface area contributed by atoms with Gasteiger partial charge < -0.3 is 31.9 Å². The molecule has 0 bridgehead atoms. The lowest BCUT2D eigenvalue weighted by Gasteiger charge is -2.46. The number of nitrogens with one attached hydrogen (secondary N) is 1. The number of rotatable bonds is 0. The number of hydrogen-bond acceptors (Lipinski definition) is 8. The molecule has 8 heteroatoms. The van der Waals surface area contributed by atoms with Crippen LogP contribution in [0.4, 0.5) is 0 Å². The molecule has 3 heterocycles. The molecule has 0 aromatic rings. The third-order valence-electron chi connectivity index (χ3n) is 3.52. The number of nitrogens with two attached hydrogens (primary N) is 2. The van der Waals surface area contributed by atoms with Crippen molar-refractivity contribution in [2.45, 2.75) is 23.9 Å². The van der Waals surface area contributed by atoms with E-state index in [4.69, 9.17) is 11.5 Å². The molecule has 1 saturated heterocycles. The van der Waals surface area contributed by atoms with E-state index in [2.05, 4.69) is 15.3 Å². The van der Waals surface area contributed by atoms with Crippen LogP contribution in [0.3, 0.4) is 0 Å². The zero-order valence-electron chi connectivity index (χ0n) is 8.59. The van der Waals surface area contributed by atoms with Gasteiger partial charge in [-0.1, -0.05) is 0 Å². The van der Waals surface area contributed by atoms with Gasteiger partial charge in [-0.3, -0.25) is 4.99 Å². The summed E-state index contributed by atoms with van der Waals surface area (Å²) in [5, 5.41) is 23.0. The molecule has 0 saturated carbocycles. The molecule has 3 rings (SSSR count). The highest BCUT2D eigenvalue weighted by molar-refractivity contribution is 5.86. The molecule has 7 N–H and O–H groups in total. The number of aliphatic hydroxyl groups is 2. The molecule has 1 fully saturated rings. The van der Waals surface area contributed by atoms with Crippen LogP contribution in [0.5, 0.6) is 0 Å². The van der Waals surface area contributed by atoms with Crippen molar-refractivity contribution in [3.05, 3.63) is 0 Å². The Labute approximate surface area is 91.6 Å². The SMILES string of the molecule is NC1=NC2CN=C(N)N3CCC(O)(O)C23N1. The van der Waals surface area contributed by atoms with Crippen LogP contribution in [0, 0.1) is 0 Å². The van der Waals surface area contributed by atoms with Crippen LogP contribution in [0.25, 0.3) is 0 Å². The molecule has 3 aliphatic heterocycles. The summed E-state index contributed by atoms with van der Waals surface area (Å²) in [4.78, 5) is 9.87. The van der Waals surface area contributed by atoms with Gasteiger partial charge in [0.15, 0.2) is 17.6 Å². The Morgan fingerprint density at radius 3 is 2.94 bits per heavy atom. The summed E-state index contributed by atoms with van der Waals surface area (Å²) >= 11 is 0. The van der Waals surface area contributed by atoms with E-state index in [1.165, 1.54) is 0 Å². The highest BCUT2D eigenvalue weighted by Gasteiger charge is 2.67. The third-order valence-corrected chi connectivity index (χ3v) is 3.52. The highest BCUT2D eigenvalue weighted by Crippen LogP contribution is 2.42. The molecule has 3 aliphatic rings. The predicted molar refractivity (Wildman–Crippen MR) is 56.3 cm³/mol. The average molecular weight is 226 g/mol. The average Bonchev–Trinajstić information content (AvgIpc) is 2.66. The molecule has 0 aromatic carbocycles. The Morgan fingerprint density at radius 1 is 1.44 bits per heavy atom.